The number of amides is 4. The van der Waals surface area contributed by atoms with Gasteiger partial charge in [0.1, 0.15) is 5.82 Å². The summed E-state index contributed by atoms with van der Waals surface area (Å²) in [5, 5.41) is 5.07. The molecule has 7 nitrogen and oxygen atoms in total. The first-order chi connectivity index (χ1) is 12.5. The molecular weight excluding hydrogens is 341 g/mol. The number of rotatable bonds is 5. The molecule has 0 aliphatic carbocycles. The quantitative estimate of drug-likeness (QED) is 0.861. The molecule has 2 aromatic carbocycles. The summed E-state index contributed by atoms with van der Waals surface area (Å²) in [5.41, 5.74) is 0.706. The fourth-order valence-corrected chi connectivity index (χ4v) is 2.54. The fourth-order valence-electron chi connectivity index (χ4n) is 2.54. The standard InChI is InChI=1S/C18H16FN3O4/c19-13-8-4-5-9-14(13)20-17(24)21-15(12-6-2-1-3-7-12)10-22-16(23)11-26-18(22)25/h1-9,15H,10-11H2,(H2,20,21,24). The van der Waals surface area contributed by atoms with Gasteiger partial charge in [0.05, 0.1) is 18.3 Å². The first kappa shape index (κ1) is 17.4. The first-order valence-corrected chi connectivity index (χ1v) is 7.88. The Labute approximate surface area is 148 Å². The number of nitrogens with zero attached hydrogens (tertiary/aromatic N) is 1. The lowest BCUT2D eigenvalue weighted by atomic mass is 10.1. The van der Waals surface area contributed by atoms with E-state index >= 15 is 0 Å². The number of nitrogens with one attached hydrogen (secondary N) is 2. The molecule has 1 atom stereocenters. The van der Waals surface area contributed by atoms with E-state index in [0.717, 1.165) is 4.90 Å². The second-order valence-corrected chi connectivity index (χ2v) is 5.60. The second-order valence-electron chi connectivity index (χ2n) is 5.60. The Morgan fingerprint density at radius 2 is 1.81 bits per heavy atom. The molecule has 0 bridgehead atoms. The number of anilines is 1. The maximum atomic E-state index is 13.7. The highest BCUT2D eigenvalue weighted by molar-refractivity contribution is 5.98. The van der Waals surface area contributed by atoms with Crippen LogP contribution in [-0.4, -0.2) is 36.1 Å². The summed E-state index contributed by atoms with van der Waals surface area (Å²) in [6, 6.07) is 13.2. The van der Waals surface area contributed by atoms with Crippen LogP contribution in [-0.2, 0) is 9.53 Å². The van der Waals surface area contributed by atoms with Gasteiger partial charge >= 0.3 is 12.1 Å². The number of carbonyl (C=O) groups excluding carboxylic acids is 3. The fraction of sp³-hybridized carbons (Fsp3) is 0.167. The van der Waals surface area contributed by atoms with Gasteiger partial charge in [-0.3, -0.25) is 4.79 Å². The molecule has 1 heterocycles. The average molecular weight is 357 g/mol. The summed E-state index contributed by atoms with van der Waals surface area (Å²) < 4.78 is 18.4. The number of hydrogen-bond acceptors (Lipinski definition) is 4. The number of imide groups is 1. The Kier molecular flexibility index (Phi) is 5.12. The molecule has 0 saturated carbocycles. The van der Waals surface area contributed by atoms with Gasteiger partial charge in [-0.05, 0) is 17.7 Å². The van der Waals surface area contributed by atoms with Gasteiger partial charge in [-0.15, -0.1) is 0 Å². The lowest BCUT2D eigenvalue weighted by Crippen LogP contribution is -2.41. The monoisotopic (exact) mass is 357 g/mol. The number of hydrogen-bond donors (Lipinski definition) is 2. The van der Waals surface area contributed by atoms with Gasteiger partial charge in [-0.1, -0.05) is 42.5 Å². The van der Waals surface area contributed by atoms with Gasteiger partial charge in [-0.25, -0.2) is 18.9 Å². The lowest BCUT2D eigenvalue weighted by molar-refractivity contribution is -0.126. The molecule has 2 N–H and O–H groups in total. The third-order valence-electron chi connectivity index (χ3n) is 3.84. The van der Waals surface area contributed by atoms with Gasteiger partial charge in [-0.2, -0.15) is 0 Å². The number of carbonyl (C=O) groups is 3. The molecule has 0 aromatic heterocycles. The van der Waals surface area contributed by atoms with Crippen LogP contribution in [0.5, 0.6) is 0 Å². The van der Waals surface area contributed by atoms with Crippen molar-refractivity contribution in [3.8, 4) is 0 Å². The summed E-state index contributed by atoms with van der Waals surface area (Å²) in [7, 11) is 0. The minimum Gasteiger partial charge on any atom is -0.439 e. The largest absolute Gasteiger partial charge is 0.439 e. The third kappa shape index (κ3) is 3.97. The van der Waals surface area contributed by atoms with Crippen molar-refractivity contribution in [3.63, 3.8) is 0 Å². The number of cyclic esters (lactones) is 1. The number of halogens is 1. The van der Waals surface area contributed by atoms with Crippen LogP contribution in [0.1, 0.15) is 11.6 Å². The van der Waals surface area contributed by atoms with Crippen molar-refractivity contribution in [2.75, 3.05) is 18.5 Å². The van der Waals surface area contributed by atoms with Gasteiger partial charge in [0.2, 0.25) is 0 Å². The normalized spacial score (nSPS) is 14.7. The highest BCUT2D eigenvalue weighted by atomic mass is 19.1. The maximum absolute atomic E-state index is 13.7. The van der Waals surface area contributed by atoms with Crippen molar-refractivity contribution in [3.05, 3.63) is 66.0 Å². The minimum atomic E-state index is -0.757. The smallest absolute Gasteiger partial charge is 0.417 e. The van der Waals surface area contributed by atoms with Crippen molar-refractivity contribution in [1.82, 2.24) is 10.2 Å². The highest BCUT2D eigenvalue weighted by Gasteiger charge is 2.33. The van der Waals surface area contributed by atoms with E-state index < -0.39 is 29.9 Å². The Hall–Kier alpha value is -3.42. The number of benzene rings is 2. The van der Waals surface area contributed by atoms with Crippen LogP contribution in [0.2, 0.25) is 0 Å². The topological polar surface area (TPSA) is 87.7 Å². The number of para-hydroxylation sites is 1. The molecule has 0 spiro atoms. The third-order valence-corrected chi connectivity index (χ3v) is 3.84. The molecule has 1 unspecified atom stereocenters. The Bertz CT molecular complexity index is 812. The molecular formula is C18H16FN3O4. The Morgan fingerprint density at radius 3 is 2.46 bits per heavy atom. The van der Waals surface area contributed by atoms with Crippen LogP contribution in [0.25, 0.3) is 0 Å². The van der Waals surface area contributed by atoms with Crippen LogP contribution in [0, 0.1) is 5.82 Å². The molecule has 2 aromatic rings. The van der Waals surface area contributed by atoms with E-state index in [0.29, 0.717) is 5.56 Å². The Morgan fingerprint density at radius 1 is 1.12 bits per heavy atom. The molecule has 134 valence electrons. The number of urea groups is 1. The molecule has 4 amide bonds. The van der Waals surface area contributed by atoms with Crippen molar-refractivity contribution in [1.29, 1.82) is 0 Å². The van der Waals surface area contributed by atoms with Crippen LogP contribution in [0.4, 0.5) is 19.7 Å². The second kappa shape index (κ2) is 7.64. The van der Waals surface area contributed by atoms with Crippen LogP contribution in [0.3, 0.4) is 0 Å². The predicted molar refractivity (Wildman–Crippen MR) is 90.8 cm³/mol. The molecule has 8 heteroatoms. The summed E-state index contributed by atoms with van der Waals surface area (Å²) in [5.74, 6) is -1.05. The predicted octanol–water partition coefficient (Wildman–Crippen LogP) is 2.67. The van der Waals surface area contributed by atoms with Crippen molar-refractivity contribution >= 4 is 23.7 Å². The van der Waals surface area contributed by atoms with Gasteiger partial charge in [0, 0.05) is 0 Å². The summed E-state index contributed by atoms with van der Waals surface area (Å²) in [4.78, 5) is 36.7. The average Bonchev–Trinajstić information content (AvgIpc) is 2.96. The zero-order chi connectivity index (χ0) is 18.5. The zero-order valence-electron chi connectivity index (χ0n) is 13.6. The van der Waals surface area contributed by atoms with E-state index in [-0.39, 0.29) is 18.8 Å². The molecule has 0 radical (unpaired) electrons. The van der Waals surface area contributed by atoms with Crippen molar-refractivity contribution < 1.29 is 23.5 Å². The van der Waals surface area contributed by atoms with E-state index in [1.165, 1.54) is 18.2 Å². The van der Waals surface area contributed by atoms with Gasteiger partial charge in [0.25, 0.3) is 5.91 Å². The maximum Gasteiger partial charge on any atom is 0.417 e. The lowest BCUT2D eigenvalue weighted by Gasteiger charge is -2.23. The van der Waals surface area contributed by atoms with E-state index in [1.807, 2.05) is 0 Å². The Balaban J connectivity index is 1.75. The molecule has 1 fully saturated rings. The molecule has 1 aliphatic heterocycles. The van der Waals surface area contributed by atoms with Crippen molar-refractivity contribution in [2.24, 2.45) is 0 Å². The SMILES string of the molecule is O=C(Nc1ccccc1F)NC(CN1C(=O)COC1=O)c1ccccc1. The zero-order valence-corrected chi connectivity index (χ0v) is 13.6. The number of ether oxygens (including phenoxy) is 1. The molecule has 1 aliphatic rings. The van der Waals surface area contributed by atoms with Crippen LogP contribution < -0.4 is 10.6 Å². The molecule has 1 saturated heterocycles. The summed E-state index contributed by atoms with van der Waals surface area (Å²) >= 11 is 0. The van der Waals surface area contributed by atoms with E-state index in [9.17, 15) is 18.8 Å². The molecule has 26 heavy (non-hydrogen) atoms. The van der Waals surface area contributed by atoms with E-state index in [4.69, 9.17) is 4.74 Å². The first-order valence-electron chi connectivity index (χ1n) is 7.88. The van der Waals surface area contributed by atoms with E-state index in [1.54, 1.807) is 36.4 Å². The van der Waals surface area contributed by atoms with E-state index in [2.05, 4.69) is 10.6 Å². The van der Waals surface area contributed by atoms with Gasteiger partial charge < -0.3 is 15.4 Å². The molecule has 3 rings (SSSR count). The van der Waals surface area contributed by atoms with Crippen LogP contribution >= 0.6 is 0 Å². The van der Waals surface area contributed by atoms with Gasteiger partial charge in [0.15, 0.2) is 6.61 Å². The summed E-state index contributed by atoms with van der Waals surface area (Å²) in [6.45, 7) is -0.409. The summed E-state index contributed by atoms with van der Waals surface area (Å²) in [6.07, 6.45) is -0.757. The van der Waals surface area contributed by atoms with Crippen molar-refractivity contribution in [2.45, 2.75) is 6.04 Å². The minimum absolute atomic E-state index is 0.0217. The highest BCUT2D eigenvalue weighted by Crippen LogP contribution is 2.18. The van der Waals surface area contributed by atoms with Crippen LogP contribution in [0.15, 0.2) is 54.6 Å².